The first kappa shape index (κ1) is 22.9. The van der Waals surface area contributed by atoms with Crippen molar-refractivity contribution in [2.75, 3.05) is 6.61 Å². The van der Waals surface area contributed by atoms with Crippen LogP contribution in [0.3, 0.4) is 0 Å². The molecule has 0 aliphatic heterocycles. The van der Waals surface area contributed by atoms with Gasteiger partial charge in [0.25, 0.3) is 11.2 Å². The lowest BCUT2D eigenvalue weighted by atomic mass is 10.1. The molecule has 166 valence electrons. The number of hydrogen-bond acceptors (Lipinski definition) is 7. The third-order valence-electron chi connectivity index (χ3n) is 4.83. The standard InChI is InChI=1S/C21H19BrN4O6/c1-4-32-14-7-5-13(6-8-14)25-20(28)15(19(27)24-21(25)29)10-23-18-12(3)11(2)16(22)9-17(18)26(30)31/h5-10,28H,4H2,1-3H3,(H,24,27,29). The van der Waals surface area contributed by atoms with Gasteiger partial charge in [0.1, 0.15) is 17.0 Å². The molecule has 3 aromatic rings. The molecule has 1 aromatic heterocycles. The molecule has 0 saturated carbocycles. The second-order valence-corrected chi connectivity index (χ2v) is 7.60. The Morgan fingerprint density at radius 3 is 2.50 bits per heavy atom. The average Bonchev–Trinajstić information content (AvgIpc) is 2.74. The number of nitrogens with one attached hydrogen (secondary N) is 1. The van der Waals surface area contributed by atoms with Crippen LogP contribution in [-0.2, 0) is 0 Å². The number of nitro groups is 1. The summed E-state index contributed by atoms with van der Waals surface area (Å²) >= 11 is 3.28. The molecule has 2 aromatic carbocycles. The molecule has 0 saturated heterocycles. The number of aromatic nitrogens is 2. The van der Waals surface area contributed by atoms with Crippen LogP contribution in [0.1, 0.15) is 23.6 Å². The number of rotatable bonds is 6. The van der Waals surface area contributed by atoms with Crippen molar-refractivity contribution in [3.63, 3.8) is 0 Å². The van der Waals surface area contributed by atoms with Crippen molar-refractivity contribution in [3.8, 4) is 17.3 Å². The van der Waals surface area contributed by atoms with Gasteiger partial charge in [-0.25, -0.2) is 14.4 Å². The Balaban J connectivity index is 2.15. The zero-order valence-corrected chi connectivity index (χ0v) is 19.0. The number of ether oxygens (including phenoxy) is 1. The van der Waals surface area contributed by atoms with Gasteiger partial charge in [-0.1, -0.05) is 15.9 Å². The number of hydrogen-bond donors (Lipinski definition) is 2. The molecule has 0 amide bonds. The maximum absolute atomic E-state index is 12.4. The lowest BCUT2D eigenvalue weighted by molar-refractivity contribution is -0.384. The summed E-state index contributed by atoms with van der Waals surface area (Å²) in [5.41, 5.74) is -0.752. The van der Waals surface area contributed by atoms with E-state index in [4.69, 9.17) is 4.74 Å². The summed E-state index contributed by atoms with van der Waals surface area (Å²) in [4.78, 5) is 41.8. The molecule has 10 nitrogen and oxygen atoms in total. The van der Waals surface area contributed by atoms with Crippen LogP contribution in [-0.4, -0.2) is 32.4 Å². The summed E-state index contributed by atoms with van der Waals surface area (Å²) in [6.07, 6.45) is 1.00. The van der Waals surface area contributed by atoms with Gasteiger partial charge in [-0.2, -0.15) is 0 Å². The van der Waals surface area contributed by atoms with E-state index >= 15 is 0 Å². The molecule has 1 heterocycles. The van der Waals surface area contributed by atoms with Crippen molar-refractivity contribution < 1.29 is 14.8 Å². The summed E-state index contributed by atoms with van der Waals surface area (Å²) in [6, 6.07) is 7.62. The van der Waals surface area contributed by atoms with Crippen LogP contribution >= 0.6 is 15.9 Å². The first-order valence-electron chi connectivity index (χ1n) is 9.45. The van der Waals surface area contributed by atoms with Crippen molar-refractivity contribution in [1.29, 1.82) is 0 Å². The molecule has 0 unspecified atom stereocenters. The number of aromatic hydroxyl groups is 1. The molecule has 0 atom stereocenters. The maximum atomic E-state index is 12.4. The van der Waals surface area contributed by atoms with Gasteiger partial charge in [-0.3, -0.25) is 19.9 Å². The second kappa shape index (κ2) is 9.18. The van der Waals surface area contributed by atoms with Crippen LogP contribution < -0.4 is 16.0 Å². The van der Waals surface area contributed by atoms with E-state index in [1.165, 1.54) is 6.07 Å². The minimum absolute atomic E-state index is 0.0355. The van der Waals surface area contributed by atoms with Gasteiger partial charge in [0, 0.05) is 16.8 Å². The average molecular weight is 503 g/mol. The molecular formula is C21H19BrN4O6. The fraction of sp³-hybridized carbons (Fsp3) is 0.190. The third-order valence-corrected chi connectivity index (χ3v) is 5.65. The van der Waals surface area contributed by atoms with E-state index in [9.17, 15) is 24.8 Å². The van der Waals surface area contributed by atoms with Gasteiger partial charge in [0.05, 0.1) is 17.2 Å². The number of nitrogens with zero attached hydrogens (tertiary/aromatic N) is 3. The lowest BCUT2D eigenvalue weighted by Crippen LogP contribution is -2.31. The van der Waals surface area contributed by atoms with Crippen LogP contribution in [0.2, 0.25) is 0 Å². The molecular weight excluding hydrogens is 484 g/mol. The summed E-state index contributed by atoms with van der Waals surface area (Å²) in [7, 11) is 0. The molecule has 0 radical (unpaired) electrons. The van der Waals surface area contributed by atoms with E-state index in [-0.39, 0.29) is 22.6 Å². The normalized spacial score (nSPS) is 11.1. The molecule has 2 N–H and O–H groups in total. The second-order valence-electron chi connectivity index (χ2n) is 6.75. The van der Waals surface area contributed by atoms with Crippen molar-refractivity contribution in [1.82, 2.24) is 9.55 Å². The van der Waals surface area contributed by atoms with Crippen molar-refractivity contribution in [2.24, 2.45) is 4.99 Å². The first-order valence-corrected chi connectivity index (χ1v) is 10.2. The highest BCUT2D eigenvalue weighted by Gasteiger charge is 2.20. The molecule has 0 bridgehead atoms. The lowest BCUT2D eigenvalue weighted by Gasteiger charge is -2.11. The van der Waals surface area contributed by atoms with Gasteiger partial charge in [-0.15, -0.1) is 0 Å². The zero-order chi connectivity index (χ0) is 23.6. The minimum Gasteiger partial charge on any atom is -0.494 e. The van der Waals surface area contributed by atoms with Crippen LogP contribution in [0, 0.1) is 24.0 Å². The smallest absolute Gasteiger partial charge is 0.335 e. The summed E-state index contributed by atoms with van der Waals surface area (Å²) in [5.74, 6) is -0.0795. The molecule has 0 aliphatic rings. The highest BCUT2D eigenvalue weighted by Crippen LogP contribution is 2.37. The number of aromatic amines is 1. The number of H-pyrrole nitrogens is 1. The van der Waals surface area contributed by atoms with Crippen molar-refractivity contribution in [3.05, 3.63) is 82.4 Å². The van der Waals surface area contributed by atoms with Crippen LogP contribution in [0.5, 0.6) is 11.6 Å². The maximum Gasteiger partial charge on any atom is 0.335 e. The van der Waals surface area contributed by atoms with Gasteiger partial charge >= 0.3 is 5.69 Å². The predicted molar refractivity (Wildman–Crippen MR) is 123 cm³/mol. The highest BCUT2D eigenvalue weighted by molar-refractivity contribution is 9.10. The Kier molecular flexibility index (Phi) is 6.58. The Labute approximate surface area is 190 Å². The highest BCUT2D eigenvalue weighted by atomic mass is 79.9. The van der Waals surface area contributed by atoms with E-state index in [0.717, 1.165) is 16.3 Å². The van der Waals surface area contributed by atoms with E-state index in [0.29, 0.717) is 22.4 Å². The Morgan fingerprint density at radius 2 is 1.91 bits per heavy atom. The predicted octanol–water partition coefficient (Wildman–Crippen LogP) is 3.67. The summed E-state index contributed by atoms with van der Waals surface area (Å²) in [6.45, 7) is 5.71. The number of aliphatic imine (C=N–C) groups is 1. The van der Waals surface area contributed by atoms with Crippen LogP contribution in [0.4, 0.5) is 11.4 Å². The molecule has 0 fully saturated rings. The fourth-order valence-corrected chi connectivity index (χ4v) is 3.54. The molecule has 3 rings (SSSR count). The quantitative estimate of drug-likeness (QED) is 0.299. The van der Waals surface area contributed by atoms with Crippen LogP contribution in [0.15, 0.2) is 49.4 Å². The zero-order valence-electron chi connectivity index (χ0n) is 17.4. The van der Waals surface area contributed by atoms with E-state index in [1.54, 1.807) is 38.1 Å². The summed E-state index contributed by atoms with van der Waals surface area (Å²) in [5, 5.41) is 22.2. The van der Waals surface area contributed by atoms with Crippen molar-refractivity contribution >= 4 is 33.5 Å². The summed E-state index contributed by atoms with van der Waals surface area (Å²) < 4.78 is 6.80. The molecule has 32 heavy (non-hydrogen) atoms. The van der Waals surface area contributed by atoms with Gasteiger partial charge in [-0.05, 0) is 56.2 Å². The Bertz CT molecular complexity index is 1340. The molecule has 11 heteroatoms. The Hall–Kier alpha value is -3.73. The largest absolute Gasteiger partial charge is 0.494 e. The van der Waals surface area contributed by atoms with E-state index in [2.05, 4.69) is 25.9 Å². The fourth-order valence-electron chi connectivity index (χ4n) is 3.03. The topological polar surface area (TPSA) is 140 Å². The number of halogens is 1. The SMILES string of the molecule is CCOc1ccc(-n2c(O)c(C=Nc3c([N+](=O)[O-])cc(Br)c(C)c3C)c(=O)[nH]c2=O)cc1. The number of nitro benzene ring substituents is 1. The van der Waals surface area contributed by atoms with E-state index in [1.807, 2.05) is 6.92 Å². The minimum atomic E-state index is -0.882. The Morgan fingerprint density at radius 1 is 1.25 bits per heavy atom. The van der Waals surface area contributed by atoms with Gasteiger partial charge in [0.15, 0.2) is 0 Å². The monoisotopic (exact) mass is 502 g/mol. The van der Waals surface area contributed by atoms with Gasteiger partial charge < -0.3 is 9.84 Å². The van der Waals surface area contributed by atoms with Gasteiger partial charge in [0.2, 0.25) is 5.88 Å². The van der Waals surface area contributed by atoms with Crippen molar-refractivity contribution in [2.45, 2.75) is 20.8 Å². The van der Waals surface area contributed by atoms with E-state index < -0.39 is 22.1 Å². The molecule has 0 spiro atoms. The number of benzene rings is 2. The van der Waals surface area contributed by atoms with Crippen LogP contribution in [0.25, 0.3) is 5.69 Å². The third kappa shape index (κ3) is 4.33. The molecule has 0 aliphatic carbocycles. The first-order chi connectivity index (χ1) is 15.1.